The molecule has 0 saturated heterocycles. The summed E-state index contributed by atoms with van der Waals surface area (Å²) >= 11 is 0. The van der Waals surface area contributed by atoms with Crippen LogP contribution in [0, 0.1) is 12.3 Å². The van der Waals surface area contributed by atoms with Crippen LogP contribution in [0.15, 0.2) is 21.3 Å². The lowest BCUT2D eigenvalue weighted by Gasteiger charge is -2.37. The van der Waals surface area contributed by atoms with E-state index in [4.69, 9.17) is 15.6 Å². The molecule has 1 aromatic carbocycles. The van der Waals surface area contributed by atoms with Crippen molar-refractivity contribution in [1.29, 1.82) is 0 Å². The summed E-state index contributed by atoms with van der Waals surface area (Å²) in [5, 5.41) is 0.778. The molecule has 2 aromatic rings. The minimum absolute atomic E-state index is 0.103. The third kappa shape index (κ3) is 2.26. The van der Waals surface area contributed by atoms with Crippen molar-refractivity contribution >= 4 is 22.6 Å². The van der Waals surface area contributed by atoms with Gasteiger partial charge < -0.3 is 14.1 Å². The highest BCUT2D eigenvalue weighted by molar-refractivity contribution is 5.95. The summed E-state index contributed by atoms with van der Waals surface area (Å²) < 4.78 is 10.4. The number of terminal acetylenes is 1. The van der Waals surface area contributed by atoms with Gasteiger partial charge in [-0.05, 0) is 43.4 Å². The Morgan fingerprint density at radius 3 is 2.88 bits per heavy atom. The molecule has 0 saturated carbocycles. The van der Waals surface area contributed by atoms with Gasteiger partial charge in [0, 0.05) is 29.7 Å². The van der Waals surface area contributed by atoms with Crippen LogP contribution < -0.4 is 10.5 Å². The molecule has 0 amide bonds. The predicted octanol–water partition coefficient (Wildman–Crippen LogP) is 2.28. The van der Waals surface area contributed by atoms with Gasteiger partial charge in [0.05, 0.1) is 0 Å². The molecule has 0 N–H and O–H groups in total. The highest BCUT2D eigenvalue weighted by Gasteiger charge is 2.27. The van der Waals surface area contributed by atoms with Crippen molar-refractivity contribution in [3.8, 4) is 12.3 Å². The van der Waals surface area contributed by atoms with Crippen LogP contribution in [0.3, 0.4) is 0 Å². The van der Waals surface area contributed by atoms with Crippen LogP contribution in [0.5, 0.6) is 0 Å². The van der Waals surface area contributed by atoms with E-state index in [1.54, 1.807) is 6.07 Å². The molecular weight excluding hydrogens is 306 g/mol. The zero-order valence-electron chi connectivity index (χ0n) is 13.3. The first-order valence-electron chi connectivity index (χ1n) is 8.17. The molecule has 24 heavy (non-hydrogen) atoms. The number of carbonyl (C=O) groups excluding carboxylic acids is 1. The lowest BCUT2D eigenvalue weighted by atomic mass is 9.90. The number of nitrogens with zero attached hydrogens (tertiary/aromatic N) is 1. The number of hydrogen-bond donors (Lipinski definition) is 0. The van der Waals surface area contributed by atoms with Gasteiger partial charge in [-0.15, -0.1) is 6.42 Å². The summed E-state index contributed by atoms with van der Waals surface area (Å²) in [4.78, 5) is 26.6. The summed E-state index contributed by atoms with van der Waals surface area (Å²) in [6, 6.07) is 3.61. The van der Waals surface area contributed by atoms with Gasteiger partial charge in [-0.3, -0.25) is 0 Å². The van der Waals surface area contributed by atoms with Crippen LogP contribution in [-0.4, -0.2) is 25.7 Å². The van der Waals surface area contributed by atoms with E-state index in [2.05, 4.69) is 10.8 Å². The number of rotatable bonds is 2. The van der Waals surface area contributed by atoms with E-state index in [1.165, 1.54) is 11.3 Å². The van der Waals surface area contributed by atoms with Crippen LogP contribution in [0.2, 0.25) is 0 Å². The van der Waals surface area contributed by atoms with E-state index >= 15 is 0 Å². The fourth-order valence-electron chi connectivity index (χ4n) is 3.77. The van der Waals surface area contributed by atoms with Crippen molar-refractivity contribution in [1.82, 2.24) is 0 Å². The van der Waals surface area contributed by atoms with E-state index in [9.17, 15) is 9.59 Å². The quantitative estimate of drug-likeness (QED) is 0.482. The number of benzene rings is 1. The monoisotopic (exact) mass is 323 g/mol. The predicted molar refractivity (Wildman–Crippen MR) is 90.5 cm³/mol. The van der Waals surface area contributed by atoms with E-state index in [0.29, 0.717) is 5.58 Å². The summed E-state index contributed by atoms with van der Waals surface area (Å²) in [6.45, 7) is 1.93. The van der Waals surface area contributed by atoms with Gasteiger partial charge in [0.15, 0.2) is 6.61 Å². The van der Waals surface area contributed by atoms with Crippen molar-refractivity contribution in [2.45, 2.75) is 25.7 Å². The maximum absolute atomic E-state index is 12.2. The minimum Gasteiger partial charge on any atom is -0.449 e. The molecule has 5 heteroatoms. The third-order valence-electron chi connectivity index (χ3n) is 4.72. The van der Waals surface area contributed by atoms with Gasteiger partial charge in [-0.1, -0.05) is 5.92 Å². The molecule has 0 radical (unpaired) electrons. The second-order valence-electron chi connectivity index (χ2n) is 6.20. The summed E-state index contributed by atoms with van der Waals surface area (Å²) in [6.07, 6.45) is 9.14. The molecular formula is C19H17NO4. The van der Waals surface area contributed by atoms with Crippen molar-refractivity contribution in [3.05, 3.63) is 39.2 Å². The Balaban J connectivity index is 1.90. The Morgan fingerprint density at radius 1 is 1.29 bits per heavy atom. The number of fused-ring (bicyclic) bond motifs is 2. The third-order valence-corrected chi connectivity index (χ3v) is 4.72. The van der Waals surface area contributed by atoms with Gasteiger partial charge in [-0.25, -0.2) is 9.59 Å². The Hall–Kier alpha value is -2.74. The second-order valence-corrected chi connectivity index (χ2v) is 6.20. The standard InChI is InChI=1S/C19H17NO4/c1-2-9-23-18(21)15-11-13-10-12-5-3-7-20-8-4-6-14(16(12)20)17(13)24-19(15)22/h1,10-11H,3-9H2. The van der Waals surface area contributed by atoms with Gasteiger partial charge in [0.2, 0.25) is 0 Å². The fraction of sp³-hybridized carbons (Fsp3) is 0.368. The SMILES string of the molecule is C#CCOC(=O)c1cc2cc3c4c(c2oc1=O)CCCN4CCC3. The van der Waals surface area contributed by atoms with E-state index in [-0.39, 0.29) is 12.2 Å². The maximum Gasteiger partial charge on any atom is 0.351 e. The zero-order valence-corrected chi connectivity index (χ0v) is 13.3. The molecule has 2 aliphatic heterocycles. The number of aryl methyl sites for hydroxylation is 2. The van der Waals surface area contributed by atoms with E-state index in [1.807, 2.05) is 6.07 Å². The van der Waals surface area contributed by atoms with Crippen LogP contribution in [0.4, 0.5) is 5.69 Å². The first-order chi connectivity index (χ1) is 11.7. The lowest BCUT2D eigenvalue weighted by Crippen LogP contribution is -2.34. The average Bonchev–Trinajstić information content (AvgIpc) is 2.60. The summed E-state index contributed by atoms with van der Waals surface area (Å²) in [5.74, 6) is 1.48. The molecule has 0 bridgehead atoms. The van der Waals surface area contributed by atoms with Gasteiger partial charge in [-0.2, -0.15) is 0 Å². The highest BCUT2D eigenvalue weighted by atomic mass is 16.5. The molecule has 3 heterocycles. The Morgan fingerprint density at radius 2 is 2.08 bits per heavy atom. The second kappa shape index (κ2) is 5.72. The molecule has 122 valence electrons. The minimum atomic E-state index is -0.739. The zero-order chi connectivity index (χ0) is 16.7. The van der Waals surface area contributed by atoms with Crippen molar-refractivity contribution in [3.63, 3.8) is 0 Å². The van der Waals surface area contributed by atoms with Crippen LogP contribution in [-0.2, 0) is 17.6 Å². The lowest BCUT2D eigenvalue weighted by molar-refractivity contribution is 0.0552. The maximum atomic E-state index is 12.2. The molecule has 0 aliphatic carbocycles. The number of hydrogen-bond acceptors (Lipinski definition) is 5. The Kier molecular flexibility index (Phi) is 3.53. The summed E-state index contributed by atoms with van der Waals surface area (Å²) in [7, 11) is 0. The molecule has 0 unspecified atom stereocenters. The van der Waals surface area contributed by atoms with Crippen molar-refractivity contribution < 1.29 is 13.9 Å². The average molecular weight is 323 g/mol. The van der Waals surface area contributed by atoms with E-state index < -0.39 is 11.6 Å². The van der Waals surface area contributed by atoms with Gasteiger partial charge in [0.1, 0.15) is 11.1 Å². The first-order valence-corrected chi connectivity index (χ1v) is 8.17. The molecule has 0 atom stereocenters. The fourth-order valence-corrected chi connectivity index (χ4v) is 3.77. The molecule has 2 aliphatic rings. The van der Waals surface area contributed by atoms with Crippen LogP contribution >= 0.6 is 0 Å². The molecule has 4 rings (SSSR count). The number of carbonyl (C=O) groups is 1. The molecule has 0 spiro atoms. The van der Waals surface area contributed by atoms with Gasteiger partial charge in [0.25, 0.3) is 0 Å². The largest absolute Gasteiger partial charge is 0.449 e. The van der Waals surface area contributed by atoms with Gasteiger partial charge >= 0.3 is 11.6 Å². The summed E-state index contributed by atoms with van der Waals surface area (Å²) in [5.41, 5.74) is 3.40. The highest BCUT2D eigenvalue weighted by Crippen LogP contribution is 2.39. The van der Waals surface area contributed by atoms with Crippen LogP contribution in [0.1, 0.15) is 34.3 Å². The van der Waals surface area contributed by atoms with Crippen LogP contribution in [0.25, 0.3) is 11.0 Å². The molecule has 0 fully saturated rings. The van der Waals surface area contributed by atoms with Crippen molar-refractivity contribution in [2.75, 3.05) is 24.6 Å². The van der Waals surface area contributed by atoms with E-state index in [0.717, 1.165) is 49.7 Å². The molecule has 1 aromatic heterocycles. The number of anilines is 1. The smallest absolute Gasteiger partial charge is 0.351 e. The Bertz CT molecular complexity index is 933. The number of ether oxygens (including phenoxy) is 1. The Labute approximate surface area is 139 Å². The normalized spacial score (nSPS) is 15.7. The molecule has 5 nitrogen and oxygen atoms in total. The number of esters is 1. The first kappa shape index (κ1) is 14.8. The topological polar surface area (TPSA) is 59.8 Å². The van der Waals surface area contributed by atoms with Crippen molar-refractivity contribution in [2.24, 2.45) is 0 Å².